The van der Waals surface area contributed by atoms with Crippen LogP contribution in [0.3, 0.4) is 0 Å². The van der Waals surface area contributed by atoms with Crippen LogP contribution in [0.2, 0.25) is 0 Å². The van der Waals surface area contributed by atoms with Crippen LogP contribution in [-0.2, 0) is 13.0 Å². The second-order valence-electron chi connectivity index (χ2n) is 5.91. The van der Waals surface area contributed by atoms with Crippen molar-refractivity contribution in [2.45, 2.75) is 44.8 Å². The molecular weight excluding hydrogens is 220 g/mol. The van der Waals surface area contributed by atoms with E-state index in [1.165, 1.54) is 30.2 Å². The van der Waals surface area contributed by atoms with Crippen molar-refractivity contribution in [3.8, 4) is 0 Å². The minimum absolute atomic E-state index is 0.643. The molecule has 94 valence electrons. The summed E-state index contributed by atoms with van der Waals surface area (Å²) in [7, 11) is 2.30. The van der Waals surface area contributed by atoms with E-state index in [-0.39, 0.29) is 0 Å². The summed E-state index contributed by atoms with van der Waals surface area (Å²) in [5.74, 6) is 0. The quantitative estimate of drug-likeness (QED) is 0.685. The maximum atomic E-state index is 2.60. The highest BCUT2D eigenvalue weighted by Crippen LogP contribution is 2.43. The molecule has 0 amide bonds. The number of aromatic nitrogens is 1. The highest BCUT2D eigenvalue weighted by molar-refractivity contribution is 5.86. The number of benzene rings is 1. The molecule has 1 aromatic carbocycles. The first-order valence-corrected chi connectivity index (χ1v) is 7.09. The molecule has 18 heavy (non-hydrogen) atoms. The van der Waals surface area contributed by atoms with Crippen LogP contribution in [0, 0.1) is 0 Å². The topological polar surface area (TPSA) is 8.17 Å². The fourth-order valence-electron chi connectivity index (χ4n) is 3.94. The molecule has 0 N–H and O–H groups in total. The molecule has 2 atom stereocenters. The van der Waals surface area contributed by atoms with Crippen LogP contribution >= 0.6 is 0 Å². The predicted molar refractivity (Wildman–Crippen MR) is 74.8 cm³/mol. The number of nitrogens with zero attached hydrogens (tertiary/aromatic N) is 2. The van der Waals surface area contributed by atoms with Crippen molar-refractivity contribution in [3.05, 3.63) is 35.5 Å². The standard InChI is InChI=1S/C16H20N2/c1-11-10-18-14-8-4-3-6-12(14)13-7-5-9-15(16(13)18)17(11)2/h3-4,6,8,11,15H,5,7,9-10H2,1-2H3. The van der Waals surface area contributed by atoms with E-state index in [2.05, 4.69) is 47.7 Å². The van der Waals surface area contributed by atoms with Gasteiger partial charge in [0, 0.05) is 29.2 Å². The third-order valence-corrected chi connectivity index (χ3v) is 4.97. The van der Waals surface area contributed by atoms with E-state index >= 15 is 0 Å². The molecule has 2 aromatic rings. The molecule has 0 spiro atoms. The van der Waals surface area contributed by atoms with Gasteiger partial charge in [-0.1, -0.05) is 18.2 Å². The lowest BCUT2D eigenvalue weighted by atomic mass is 9.89. The van der Waals surface area contributed by atoms with Gasteiger partial charge < -0.3 is 4.57 Å². The van der Waals surface area contributed by atoms with Gasteiger partial charge in [-0.05, 0) is 44.9 Å². The van der Waals surface area contributed by atoms with Crippen molar-refractivity contribution < 1.29 is 0 Å². The molecule has 1 aliphatic heterocycles. The van der Waals surface area contributed by atoms with Crippen molar-refractivity contribution in [1.82, 2.24) is 9.47 Å². The minimum atomic E-state index is 0.643. The molecule has 4 rings (SSSR count). The van der Waals surface area contributed by atoms with Gasteiger partial charge in [-0.25, -0.2) is 0 Å². The van der Waals surface area contributed by atoms with Crippen LogP contribution in [0.5, 0.6) is 0 Å². The van der Waals surface area contributed by atoms with Crippen molar-refractivity contribution in [3.63, 3.8) is 0 Å². The summed E-state index contributed by atoms with van der Waals surface area (Å²) >= 11 is 0. The first kappa shape index (κ1) is 10.6. The Kier molecular flexibility index (Phi) is 2.13. The second kappa shape index (κ2) is 3.61. The molecule has 1 aliphatic carbocycles. The van der Waals surface area contributed by atoms with Crippen LogP contribution in [0.15, 0.2) is 24.3 Å². The smallest absolute Gasteiger partial charge is 0.0504 e. The molecule has 0 saturated heterocycles. The summed E-state index contributed by atoms with van der Waals surface area (Å²) in [6.07, 6.45) is 3.93. The molecule has 0 saturated carbocycles. The zero-order valence-electron chi connectivity index (χ0n) is 11.2. The number of fused-ring (bicyclic) bond motifs is 3. The van der Waals surface area contributed by atoms with E-state index in [1.54, 1.807) is 11.3 Å². The van der Waals surface area contributed by atoms with E-state index < -0.39 is 0 Å². The number of hydrogen-bond acceptors (Lipinski definition) is 1. The Morgan fingerprint density at radius 3 is 2.94 bits per heavy atom. The number of aryl methyl sites for hydroxylation is 1. The number of hydrogen-bond donors (Lipinski definition) is 0. The molecule has 1 aromatic heterocycles. The predicted octanol–water partition coefficient (Wildman–Crippen LogP) is 3.35. The number of rotatable bonds is 0. The summed E-state index contributed by atoms with van der Waals surface area (Å²) in [6, 6.07) is 10.2. The first-order chi connectivity index (χ1) is 8.77. The lowest BCUT2D eigenvalue weighted by Gasteiger charge is -2.41. The average Bonchev–Trinajstić information content (AvgIpc) is 2.72. The Hall–Kier alpha value is -1.28. The fraction of sp³-hybridized carbons (Fsp3) is 0.500. The van der Waals surface area contributed by atoms with Gasteiger partial charge in [-0.15, -0.1) is 0 Å². The van der Waals surface area contributed by atoms with E-state index in [0.29, 0.717) is 12.1 Å². The Balaban J connectivity index is 2.07. The molecule has 2 nitrogen and oxygen atoms in total. The lowest BCUT2D eigenvalue weighted by molar-refractivity contribution is 0.120. The van der Waals surface area contributed by atoms with E-state index in [0.717, 1.165) is 6.54 Å². The Morgan fingerprint density at radius 1 is 1.22 bits per heavy atom. The molecule has 0 fully saturated rings. The third-order valence-electron chi connectivity index (χ3n) is 4.97. The maximum Gasteiger partial charge on any atom is 0.0504 e. The van der Waals surface area contributed by atoms with Gasteiger partial charge in [-0.3, -0.25) is 4.90 Å². The molecule has 2 aliphatic rings. The maximum absolute atomic E-state index is 2.60. The second-order valence-corrected chi connectivity index (χ2v) is 5.91. The summed E-state index contributed by atoms with van der Waals surface area (Å²) in [5, 5.41) is 1.50. The minimum Gasteiger partial charge on any atom is -0.341 e. The van der Waals surface area contributed by atoms with Gasteiger partial charge in [0.1, 0.15) is 0 Å². The summed E-state index contributed by atoms with van der Waals surface area (Å²) in [6.45, 7) is 3.49. The van der Waals surface area contributed by atoms with E-state index in [4.69, 9.17) is 0 Å². The highest BCUT2D eigenvalue weighted by atomic mass is 15.2. The summed E-state index contributed by atoms with van der Waals surface area (Å²) in [5.41, 5.74) is 4.69. The monoisotopic (exact) mass is 240 g/mol. The lowest BCUT2D eigenvalue weighted by Crippen LogP contribution is -2.43. The van der Waals surface area contributed by atoms with Gasteiger partial charge in [-0.2, -0.15) is 0 Å². The first-order valence-electron chi connectivity index (χ1n) is 7.09. The third kappa shape index (κ3) is 1.22. The SMILES string of the molecule is CC1Cn2c3c(c4ccccc42)CCCC3N1C. The van der Waals surface area contributed by atoms with E-state index in [1.807, 2.05) is 0 Å². The normalized spacial score (nSPS) is 27.4. The Bertz CT molecular complexity index is 611. The molecule has 2 heterocycles. The van der Waals surface area contributed by atoms with Gasteiger partial charge in [0.05, 0.1) is 6.04 Å². The Morgan fingerprint density at radius 2 is 2.06 bits per heavy atom. The zero-order valence-corrected chi connectivity index (χ0v) is 11.2. The van der Waals surface area contributed by atoms with Crippen LogP contribution < -0.4 is 0 Å². The van der Waals surface area contributed by atoms with Crippen LogP contribution in [0.4, 0.5) is 0 Å². The molecule has 0 bridgehead atoms. The molecule has 2 unspecified atom stereocenters. The molecular formula is C16H20N2. The van der Waals surface area contributed by atoms with Crippen molar-refractivity contribution in [2.75, 3.05) is 7.05 Å². The Labute approximate surface area is 108 Å². The molecule has 0 radical (unpaired) electrons. The zero-order chi connectivity index (χ0) is 12.3. The number of likely N-dealkylation sites (N-methyl/N-ethyl adjacent to an activating group) is 1. The van der Waals surface area contributed by atoms with Gasteiger partial charge >= 0.3 is 0 Å². The van der Waals surface area contributed by atoms with Crippen molar-refractivity contribution in [2.24, 2.45) is 0 Å². The summed E-state index contributed by atoms with van der Waals surface area (Å²) in [4.78, 5) is 2.58. The molecule has 2 heteroatoms. The van der Waals surface area contributed by atoms with Gasteiger partial charge in [0.25, 0.3) is 0 Å². The average molecular weight is 240 g/mol. The van der Waals surface area contributed by atoms with Crippen LogP contribution in [-0.4, -0.2) is 22.6 Å². The highest BCUT2D eigenvalue weighted by Gasteiger charge is 2.35. The van der Waals surface area contributed by atoms with Crippen molar-refractivity contribution >= 4 is 10.9 Å². The number of para-hydroxylation sites is 1. The van der Waals surface area contributed by atoms with E-state index in [9.17, 15) is 0 Å². The van der Waals surface area contributed by atoms with Crippen LogP contribution in [0.25, 0.3) is 10.9 Å². The van der Waals surface area contributed by atoms with Crippen molar-refractivity contribution in [1.29, 1.82) is 0 Å². The van der Waals surface area contributed by atoms with Gasteiger partial charge in [0.15, 0.2) is 0 Å². The summed E-state index contributed by atoms with van der Waals surface area (Å²) < 4.78 is 2.60. The van der Waals surface area contributed by atoms with Crippen LogP contribution in [0.1, 0.15) is 37.1 Å². The van der Waals surface area contributed by atoms with Gasteiger partial charge in [0.2, 0.25) is 0 Å². The fourth-order valence-corrected chi connectivity index (χ4v) is 3.94. The largest absolute Gasteiger partial charge is 0.341 e.